The number of hydrogen-bond donors (Lipinski definition) is 1. The highest BCUT2D eigenvalue weighted by Crippen LogP contribution is 2.26. The molecule has 2 fully saturated rings. The molecule has 1 aromatic carbocycles. The molecule has 1 aromatic rings. The van der Waals surface area contributed by atoms with E-state index in [9.17, 15) is 22.9 Å². The van der Waals surface area contributed by atoms with E-state index in [1.807, 2.05) is 4.90 Å². The van der Waals surface area contributed by atoms with Gasteiger partial charge in [-0.05, 0) is 37.1 Å². The molecule has 29 heavy (non-hydrogen) atoms. The number of amides is 1. The first-order chi connectivity index (χ1) is 13.8. The molecule has 9 heteroatoms. The van der Waals surface area contributed by atoms with Crippen LogP contribution in [-0.2, 0) is 14.8 Å². The average Bonchev–Trinajstić information content (AvgIpc) is 2.94. The van der Waals surface area contributed by atoms with Crippen molar-refractivity contribution in [1.29, 1.82) is 5.26 Å². The molecule has 1 aliphatic heterocycles. The number of piperazine rings is 1. The lowest BCUT2D eigenvalue weighted by Gasteiger charge is -2.34. The van der Waals surface area contributed by atoms with Crippen LogP contribution in [0.3, 0.4) is 0 Å². The van der Waals surface area contributed by atoms with Crippen LogP contribution in [0.15, 0.2) is 29.2 Å². The van der Waals surface area contributed by atoms with Crippen LogP contribution in [0.5, 0.6) is 0 Å². The Balaban J connectivity index is 1.53. The van der Waals surface area contributed by atoms with Gasteiger partial charge in [-0.3, -0.25) is 9.69 Å². The third-order valence-electron chi connectivity index (χ3n) is 5.70. The van der Waals surface area contributed by atoms with Crippen LogP contribution in [0.2, 0.25) is 0 Å². The first-order valence-electron chi connectivity index (χ1n) is 10.0. The number of benzene rings is 1. The Morgan fingerprint density at radius 3 is 2.21 bits per heavy atom. The molecule has 0 spiro atoms. The predicted molar refractivity (Wildman–Crippen MR) is 106 cm³/mol. The molecule has 0 radical (unpaired) electrons. The lowest BCUT2D eigenvalue weighted by molar-refractivity contribution is -0.124. The zero-order valence-electron chi connectivity index (χ0n) is 16.4. The maximum absolute atomic E-state index is 13.1. The number of nitriles is 1. The number of carbonyl (C=O) groups excluding carboxylic acids is 1. The molecule has 1 saturated carbocycles. The maximum atomic E-state index is 13.1. The van der Waals surface area contributed by atoms with E-state index in [0.717, 1.165) is 37.8 Å². The second-order valence-corrected chi connectivity index (χ2v) is 9.73. The fraction of sp³-hybridized carbons (Fsp3) is 0.600. The SMILES string of the molecule is N#CC1(NC(=O)CN2CCN(S(=O)(=O)c3ccc(F)cc3)CC2)CCCCCC1. The van der Waals surface area contributed by atoms with Crippen molar-refractivity contribution in [3.05, 3.63) is 30.1 Å². The molecule has 7 nitrogen and oxygen atoms in total. The van der Waals surface area contributed by atoms with Gasteiger partial charge in [0.25, 0.3) is 0 Å². The standard InChI is InChI=1S/C20H27FN4O3S/c21-17-5-7-18(8-6-17)29(27,28)25-13-11-24(12-14-25)15-19(26)23-20(16-22)9-3-1-2-4-10-20/h5-8H,1-4,9-15H2,(H,23,26). The fourth-order valence-corrected chi connectivity index (χ4v) is 5.41. The Kier molecular flexibility index (Phi) is 6.88. The molecule has 1 aliphatic carbocycles. The van der Waals surface area contributed by atoms with Crippen molar-refractivity contribution >= 4 is 15.9 Å². The number of nitrogens with one attached hydrogen (secondary N) is 1. The minimum Gasteiger partial charge on any atom is -0.337 e. The monoisotopic (exact) mass is 422 g/mol. The van der Waals surface area contributed by atoms with E-state index in [1.165, 1.54) is 16.4 Å². The minimum atomic E-state index is -3.67. The Morgan fingerprint density at radius 2 is 1.66 bits per heavy atom. The lowest BCUT2D eigenvalue weighted by atomic mass is 9.92. The maximum Gasteiger partial charge on any atom is 0.243 e. The summed E-state index contributed by atoms with van der Waals surface area (Å²) in [7, 11) is -3.67. The van der Waals surface area contributed by atoms with Gasteiger partial charge < -0.3 is 5.32 Å². The average molecular weight is 423 g/mol. The topological polar surface area (TPSA) is 93.5 Å². The third-order valence-corrected chi connectivity index (χ3v) is 7.61. The first-order valence-corrected chi connectivity index (χ1v) is 11.5. The highest BCUT2D eigenvalue weighted by Gasteiger charge is 2.34. The van der Waals surface area contributed by atoms with Gasteiger partial charge in [0.15, 0.2) is 0 Å². The Morgan fingerprint density at radius 1 is 1.07 bits per heavy atom. The van der Waals surface area contributed by atoms with Gasteiger partial charge in [0.2, 0.25) is 15.9 Å². The predicted octanol–water partition coefficient (Wildman–Crippen LogP) is 1.86. The van der Waals surface area contributed by atoms with E-state index in [0.29, 0.717) is 25.9 Å². The van der Waals surface area contributed by atoms with Crippen LogP contribution in [0.1, 0.15) is 38.5 Å². The molecule has 2 aliphatic rings. The molecule has 1 N–H and O–H groups in total. The van der Waals surface area contributed by atoms with E-state index < -0.39 is 21.4 Å². The summed E-state index contributed by atoms with van der Waals surface area (Å²) in [6.07, 6.45) is 5.41. The summed E-state index contributed by atoms with van der Waals surface area (Å²) in [5, 5.41) is 12.5. The molecule has 3 rings (SSSR count). The van der Waals surface area contributed by atoms with Crippen molar-refractivity contribution in [3.63, 3.8) is 0 Å². The van der Waals surface area contributed by atoms with Crippen molar-refractivity contribution < 1.29 is 17.6 Å². The third kappa shape index (κ3) is 5.32. The van der Waals surface area contributed by atoms with Crippen molar-refractivity contribution in [3.8, 4) is 6.07 Å². The molecule has 0 unspecified atom stereocenters. The molecule has 1 saturated heterocycles. The molecule has 1 amide bonds. The largest absolute Gasteiger partial charge is 0.337 e. The second-order valence-electron chi connectivity index (χ2n) is 7.79. The molecule has 0 atom stereocenters. The number of carbonyl (C=O) groups is 1. The Labute approximate surface area is 171 Å². The number of nitrogens with zero attached hydrogens (tertiary/aromatic N) is 3. The lowest BCUT2D eigenvalue weighted by Crippen LogP contribution is -2.54. The van der Waals surface area contributed by atoms with E-state index in [-0.39, 0.29) is 30.4 Å². The van der Waals surface area contributed by atoms with Gasteiger partial charge in [0.05, 0.1) is 17.5 Å². The minimum absolute atomic E-state index is 0.0643. The Bertz CT molecular complexity index is 851. The summed E-state index contributed by atoms with van der Waals surface area (Å²) >= 11 is 0. The number of rotatable bonds is 5. The Hall–Kier alpha value is -2.02. The van der Waals surface area contributed by atoms with E-state index in [4.69, 9.17) is 0 Å². The van der Waals surface area contributed by atoms with Crippen LogP contribution in [0.4, 0.5) is 4.39 Å². The van der Waals surface area contributed by atoms with Crippen LogP contribution in [0, 0.1) is 17.1 Å². The summed E-state index contributed by atoms with van der Waals surface area (Å²) in [6.45, 7) is 1.52. The van der Waals surface area contributed by atoms with Crippen molar-refractivity contribution in [1.82, 2.24) is 14.5 Å². The van der Waals surface area contributed by atoms with Crippen molar-refractivity contribution in [2.75, 3.05) is 32.7 Å². The number of hydrogen-bond acceptors (Lipinski definition) is 5. The normalized spacial score (nSPS) is 21.1. The summed E-state index contributed by atoms with van der Waals surface area (Å²) in [4.78, 5) is 14.5. The van der Waals surface area contributed by atoms with Gasteiger partial charge in [0.1, 0.15) is 11.4 Å². The molecule has 0 aromatic heterocycles. The van der Waals surface area contributed by atoms with Crippen LogP contribution >= 0.6 is 0 Å². The number of sulfonamides is 1. The second kappa shape index (κ2) is 9.20. The van der Waals surface area contributed by atoms with Gasteiger partial charge in [0, 0.05) is 26.2 Å². The zero-order chi connectivity index (χ0) is 20.9. The zero-order valence-corrected chi connectivity index (χ0v) is 17.3. The summed E-state index contributed by atoms with van der Waals surface area (Å²) in [5.74, 6) is -0.674. The molecular formula is C20H27FN4O3S. The van der Waals surface area contributed by atoms with Crippen LogP contribution in [-0.4, -0.2) is 61.8 Å². The molecular weight excluding hydrogens is 395 g/mol. The fourth-order valence-electron chi connectivity index (χ4n) is 3.99. The van der Waals surface area contributed by atoms with Gasteiger partial charge in [-0.25, -0.2) is 12.8 Å². The van der Waals surface area contributed by atoms with Crippen LogP contribution in [0.25, 0.3) is 0 Å². The highest BCUT2D eigenvalue weighted by molar-refractivity contribution is 7.89. The van der Waals surface area contributed by atoms with E-state index in [2.05, 4.69) is 11.4 Å². The first kappa shape index (κ1) is 21.7. The van der Waals surface area contributed by atoms with Crippen LogP contribution < -0.4 is 5.32 Å². The van der Waals surface area contributed by atoms with Crippen molar-refractivity contribution in [2.24, 2.45) is 0 Å². The van der Waals surface area contributed by atoms with Gasteiger partial charge >= 0.3 is 0 Å². The summed E-state index contributed by atoms with van der Waals surface area (Å²) < 4.78 is 39.8. The molecule has 0 bridgehead atoms. The van der Waals surface area contributed by atoms with E-state index >= 15 is 0 Å². The van der Waals surface area contributed by atoms with Gasteiger partial charge in [-0.1, -0.05) is 25.7 Å². The quantitative estimate of drug-likeness (QED) is 0.731. The van der Waals surface area contributed by atoms with Crippen molar-refractivity contribution in [2.45, 2.75) is 49.0 Å². The van der Waals surface area contributed by atoms with Gasteiger partial charge in [-0.15, -0.1) is 0 Å². The van der Waals surface area contributed by atoms with Gasteiger partial charge in [-0.2, -0.15) is 9.57 Å². The summed E-state index contributed by atoms with van der Waals surface area (Å²) in [5.41, 5.74) is -0.776. The van der Waals surface area contributed by atoms with E-state index in [1.54, 1.807) is 0 Å². The molecule has 1 heterocycles. The molecule has 158 valence electrons. The summed E-state index contributed by atoms with van der Waals surface area (Å²) in [6, 6.07) is 7.10. The number of halogens is 1. The smallest absolute Gasteiger partial charge is 0.243 e. The highest BCUT2D eigenvalue weighted by atomic mass is 32.2.